The van der Waals surface area contributed by atoms with Crippen LogP contribution in [0.4, 0.5) is 5.95 Å². The minimum absolute atomic E-state index is 0.00325. The monoisotopic (exact) mass is 413 g/mol. The molecule has 2 saturated heterocycles. The summed E-state index contributed by atoms with van der Waals surface area (Å²) in [5, 5.41) is 7.80. The van der Waals surface area contributed by atoms with Gasteiger partial charge >= 0.3 is 0 Å². The van der Waals surface area contributed by atoms with E-state index >= 15 is 0 Å². The van der Waals surface area contributed by atoms with Crippen molar-refractivity contribution in [2.45, 2.75) is 52.5 Å². The van der Waals surface area contributed by atoms with Crippen LogP contribution in [0.2, 0.25) is 0 Å². The highest BCUT2D eigenvalue weighted by atomic mass is 16.6. The van der Waals surface area contributed by atoms with E-state index < -0.39 is 0 Å². The number of piperazine rings is 1. The fourth-order valence-electron chi connectivity index (χ4n) is 3.97. The number of hydrogen-bond acceptors (Lipinski definition) is 8. The van der Waals surface area contributed by atoms with E-state index in [1.54, 1.807) is 0 Å². The van der Waals surface area contributed by atoms with E-state index in [1.807, 2.05) is 17.9 Å². The summed E-state index contributed by atoms with van der Waals surface area (Å²) < 4.78 is 4.79. The van der Waals surface area contributed by atoms with Crippen LogP contribution in [0.25, 0.3) is 0 Å². The molecule has 4 heterocycles. The first kappa shape index (κ1) is 20.7. The lowest BCUT2D eigenvalue weighted by atomic mass is 10.1. The number of hydrogen-bond donors (Lipinski definition) is 0. The number of carbonyl (C=O) groups excluding carboxylic acids is 1. The number of aromatic nitrogens is 4. The molecule has 0 atom stereocenters. The Morgan fingerprint density at radius 3 is 2.40 bits per heavy atom. The fourth-order valence-corrected chi connectivity index (χ4v) is 3.97. The summed E-state index contributed by atoms with van der Waals surface area (Å²) in [7, 11) is 0. The van der Waals surface area contributed by atoms with Gasteiger partial charge in [0.05, 0.1) is 0 Å². The molecule has 0 spiro atoms. The molecular formula is C21H31N7O2. The molecule has 162 valence electrons. The topological polar surface area (TPSA) is 91.5 Å². The van der Waals surface area contributed by atoms with Crippen LogP contribution < -0.4 is 4.90 Å². The second-order valence-electron chi connectivity index (χ2n) is 8.55. The Kier molecular flexibility index (Phi) is 6.26. The lowest BCUT2D eigenvalue weighted by Crippen LogP contribution is -2.48. The third-order valence-corrected chi connectivity index (χ3v) is 5.96. The van der Waals surface area contributed by atoms with Gasteiger partial charge in [-0.3, -0.25) is 9.69 Å². The van der Waals surface area contributed by atoms with Crippen molar-refractivity contribution in [2.75, 3.05) is 44.2 Å². The zero-order chi connectivity index (χ0) is 21.1. The fraction of sp³-hybridized carbons (Fsp3) is 0.667. The average molecular weight is 414 g/mol. The predicted molar refractivity (Wildman–Crippen MR) is 112 cm³/mol. The zero-order valence-corrected chi connectivity index (χ0v) is 18.2. The van der Waals surface area contributed by atoms with Gasteiger partial charge in [-0.2, -0.15) is 0 Å². The molecule has 9 nitrogen and oxygen atoms in total. The normalized spacial score (nSPS) is 18.3. The summed E-state index contributed by atoms with van der Waals surface area (Å²) in [6.45, 7) is 11.7. The van der Waals surface area contributed by atoms with Crippen molar-refractivity contribution >= 4 is 11.9 Å². The van der Waals surface area contributed by atoms with Crippen molar-refractivity contribution in [3.05, 3.63) is 28.8 Å². The van der Waals surface area contributed by atoms with Gasteiger partial charge in [0, 0.05) is 51.5 Å². The summed E-state index contributed by atoms with van der Waals surface area (Å²) in [5.41, 5.74) is 3.13. The Morgan fingerprint density at radius 2 is 1.77 bits per heavy atom. The lowest BCUT2D eigenvalue weighted by molar-refractivity contribution is 0.0619. The number of carbonyl (C=O) groups is 1. The first-order valence-electron chi connectivity index (χ1n) is 10.9. The van der Waals surface area contributed by atoms with Gasteiger partial charge < -0.3 is 9.80 Å². The highest BCUT2D eigenvalue weighted by Crippen LogP contribution is 2.21. The summed E-state index contributed by atoms with van der Waals surface area (Å²) in [6, 6.07) is 1.87. The van der Waals surface area contributed by atoms with Crippen molar-refractivity contribution in [3.8, 4) is 0 Å². The number of piperidine rings is 1. The van der Waals surface area contributed by atoms with Gasteiger partial charge in [-0.25, -0.2) is 14.6 Å². The van der Waals surface area contributed by atoms with Crippen LogP contribution in [0, 0.1) is 6.92 Å². The van der Waals surface area contributed by atoms with Gasteiger partial charge in [0.2, 0.25) is 5.95 Å². The molecule has 0 unspecified atom stereocenters. The highest BCUT2D eigenvalue weighted by Gasteiger charge is 2.26. The Bertz CT molecular complexity index is 868. The smallest absolute Gasteiger partial charge is 0.272 e. The summed E-state index contributed by atoms with van der Waals surface area (Å²) in [4.78, 5) is 29.1. The Hall–Kier alpha value is -2.55. The van der Waals surface area contributed by atoms with E-state index in [0.717, 1.165) is 56.1 Å². The number of nitrogens with zero attached hydrogens (tertiary/aromatic N) is 7. The number of aryl methyl sites for hydroxylation is 1. The maximum atomic E-state index is 13.2. The van der Waals surface area contributed by atoms with E-state index in [-0.39, 0.29) is 11.8 Å². The molecule has 0 radical (unpaired) electrons. The van der Waals surface area contributed by atoms with Crippen LogP contribution in [0.5, 0.6) is 0 Å². The van der Waals surface area contributed by atoms with Crippen molar-refractivity contribution < 1.29 is 9.42 Å². The van der Waals surface area contributed by atoms with Gasteiger partial charge in [0.15, 0.2) is 0 Å². The van der Waals surface area contributed by atoms with E-state index in [2.05, 4.69) is 38.9 Å². The molecule has 2 aliphatic rings. The molecule has 30 heavy (non-hydrogen) atoms. The predicted octanol–water partition coefficient (Wildman–Crippen LogP) is 2.24. The molecule has 4 rings (SSSR count). The number of anilines is 1. The summed E-state index contributed by atoms with van der Waals surface area (Å²) >= 11 is 0. The van der Waals surface area contributed by atoms with Gasteiger partial charge in [-0.05, 0) is 38.2 Å². The van der Waals surface area contributed by atoms with Crippen molar-refractivity contribution in [1.82, 2.24) is 30.1 Å². The molecule has 2 aromatic heterocycles. The zero-order valence-electron chi connectivity index (χ0n) is 18.2. The average Bonchev–Trinajstić information content (AvgIpc) is 3.18. The van der Waals surface area contributed by atoms with Crippen LogP contribution >= 0.6 is 0 Å². The molecule has 0 bridgehead atoms. The molecule has 0 saturated carbocycles. The Balaban J connectivity index is 1.45. The maximum absolute atomic E-state index is 13.2. The second kappa shape index (κ2) is 9.07. The number of rotatable bonds is 5. The van der Waals surface area contributed by atoms with E-state index in [1.165, 1.54) is 6.42 Å². The molecule has 1 amide bonds. The molecule has 0 N–H and O–H groups in total. The van der Waals surface area contributed by atoms with Crippen LogP contribution in [0.15, 0.2) is 10.7 Å². The largest absolute Gasteiger partial charge is 0.341 e. The van der Waals surface area contributed by atoms with Gasteiger partial charge in [-0.15, -0.1) is 0 Å². The van der Waals surface area contributed by atoms with E-state index in [4.69, 9.17) is 9.61 Å². The molecule has 2 aliphatic heterocycles. The third-order valence-electron chi connectivity index (χ3n) is 5.96. The third kappa shape index (κ3) is 4.61. The van der Waals surface area contributed by atoms with E-state index in [9.17, 15) is 4.79 Å². The molecule has 2 aromatic rings. The van der Waals surface area contributed by atoms with Crippen LogP contribution in [0.1, 0.15) is 66.6 Å². The van der Waals surface area contributed by atoms with E-state index in [0.29, 0.717) is 31.3 Å². The molecule has 0 aliphatic carbocycles. The van der Waals surface area contributed by atoms with Crippen LogP contribution in [-0.2, 0) is 6.54 Å². The first-order valence-corrected chi connectivity index (χ1v) is 10.9. The number of amides is 1. The maximum Gasteiger partial charge on any atom is 0.272 e. The standard InChI is InChI=1S/C21H31N7O2/c1-15(2)17-13-18(23-21(22-17)28-7-5-4-6-8-28)20(29)27-11-9-26(10-12-27)14-19-16(3)24-30-25-19/h13,15H,4-12,14H2,1-3H3. The lowest BCUT2D eigenvalue weighted by Gasteiger charge is -2.34. The SMILES string of the molecule is Cc1nonc1CN1CCN(C(=O)c2cc(C(C)C)nc(N3CCCCC3)n2)CC1. The second-order valence-corrected chi connectivity index (χ2v) is 8.55. The Labute approximate surface area is 177 Å². The minimum atomic E-state index is -0.00325. The van der Waals surface area contributed by atoms with Crippen molar-refractivity contribution in [2.24, 2.45) is 0 Å². The molecular weight excluding hydrogens is 382 g/mol. The van der Waals surface area contributed by atoms with Crippen molar-refractivity contribution in [1.29, 1.82) is 0 Å². The van der Waals surface area contributed by atoms with Crippen molar-refractivity contribution in [3.63, 3.8) is 0 Å². The first-order chi connectivity index (χ1) is 14.5. The van der Waals surface area contributed by atoms with Crippen LogP contribution in [-0.4, -0.2) is 75.3 Å². The summed E-state index contributed by atoms with van der Waals surface area (Å²) in [5.74, 6) is 0.952. The van der Waals surface area contributed by atoms with Gasteiger partial charge in [0.1, 0.15) is 17.1 Å². The minimum Gasteiger partial charge on any atom is -0.341 e. The van der Waals surface area contributed by atoms with Crippen LogP contribution in [0.3, 0.4) is 0 Å². The van der Waals surface area contributed by atoms with Gasteiger partial charge in [0.25, 0.3) is 5.91 Å². The molecule has 2 fully saturated rings. The summed E-state index contributed by atoms with van der Waals surface area (Å²) in [6.07, 6.45) is 3.56. The Morgan fingerprint density at radius 1 is 1.03 bits per heavy atom. The molecule has 9 heteroatoms. The quantitative estimate of drug-likeness (QED) is 0.737. The molecule has 0 aromatic carbocycles. The highest BCUT2D eigenvalue weighted by molar-refractivity contribution is 5.92. The van der Waals surface area contributed by atoms with Gasteiger partial charge in [-0.1, -0.05) is 24.2 Å².